The highest BCUT2D eigenvalue weighted by Gasteiger charge is 2.15. The predicted molar refractivity (Wildman–Crippen MR) is 68.7 cm³/mol. The molecule has 0 spiro atoms. The van der Waals surface area contributed by atoms with Crippen LogP contribution in [0.5, 0.6) is 5.75 Å². The number of carboxylic acids is 1. The Morgan fingerprint density at radius 1 is 1.45 bits per heavy atom. The lowest BCUT2D eigenvalue weighted by Gasteiger charge is -2.05. The quantitative estimate of drug-likeness (QED) is 0.676. The topological polar surface area (TPSA) is 89.7 Å². The molecule has 0 fully saturated rings. The minimum Gasteiger partial charge on any atom is -0.488 e. The normalized spacial score (nSPS) is 10.2. The first kappa shape index (κ1) is 13.9. The number of aromatic carboxylic acids is 1. The summed E-state index contributed by atoms with van der Waals surface area (Å²) in [5.74, 6) is -1.42. The third-order valence-corrected chi connectivity index (χ3v) is 3.32. The van der Waals surface area contributed by atoms with Crippen molar-refractivity contribution in [2.75, 3.05) is 0 Å². The van der Waals surface area contributed by atoms with Gasteiger partial charge in [-0.15, -0.1) is 11.3 Å². The Bertz CT molecular complexity index is 670. The van der Waals surface area contributed by atoms with Crippen LogP contribution in [-0.4, -0.2) is 16.0 Å². The number of carbonyl (C=O) groups is 1. The van der Waals surface area contributed by atoms with Crippen molar-refractivity contribution in [3.63, 3.8) is 0 Å². The largest absolute Gasteiger partial charge is 0.488 e. The summed E-state index contributed by atoms with van der Waals surface area (Å²) in [7, 11) is 0. The van der Waals surface area contributed by atoms with E-state index in [9.17, 15) is 19.3 Å². The van der Waals surface area contributed by atoms with Gasteiger partial charge in [-0.1, -0.05) is 0 Å². The van der Waals surface area contributed by atoms with E-state index in [1.54, 1.807) is 0 Å². The van der Waals surface area contributed by atoms with Gasteiger partial charge in [-0.25, -0.2) is 9.18 Å². The standard InChI is InChI=1S/C12H8FNO5S/c13-8-1-2-10(14(17)18)7(3-8)5-19-9-4-11(12(15)16)20-6-9/h1-4,6H,5H2,(H,15,16). The van der Waals surface area contributed by atoms with Gasteiger partial charge in [0.15, 0.2) is 0 Å². The van der Waals surface area contributed by atoms with Gasteiger partial charge in [0.2, 0.25) is 0 Å². The van der Waals surface area contributed by atoms with E-state index in [2.05, 4.69) is 0 Å². The van der Waals surface area contributed by atoms with Crippen LogP contribution in [0.25, 0.3) is 0 Å². The second-order valence-electron chi connectivity index (χ2n) is 3.77. The maximum absolute atomic E-state index is 13.1. The highest BCUT2D eigenvalue weighted by Crippen LogP contribution is 2.25. The molecule has 0 saturated carbocycles. The lowest BCUT2D eigenvalue weighted by molar-refractivity contribution is -0.385. The number of carboxylic acid groups (broad SMARTS) is 1. The average Bonchev–Trinajstić information content (AvgIpc) is 2.85. The molecule has 0 aliphatic carbocycles. The third-order valence-electron chi connectivity index (χ3n) is 2.42. The Balaban J connectivity index is 2.15. The van der Waals surface area contributed by atoms with Crippen LogP contribution < -0.4 is 4.74 Å². The van der Waals surface area contributed by atoms with E-state index in [1.165, 1.54) is 11.4 Å². The Morgan fingerprint density at radius 2 is 2.20 bits per heavy atom. The Morgan fingerprint density at radius 3 is 2.80 bits per heavy atom. The van der Waals surface area contributed by atoms with E-state index in [1.807, 2.05) is 0 Å². The van der Waals surface area contributed by atoms with Gasteiger partial charge < -0.3 is 9.84 Å². The molecule has 0 amide bonds. The molecule has 2 rings (SSSR count). The molecule has 0 aliphatic heterocycles. The molecule has 1 aromatic carbocycles. The van der Waals surface area contributed by atoms with Crippen LogP contribution in [0.4, 0.5) is 10.1 Å². The van der Waals surface area contributed by atoms with Crippen molar-refractivity contribution >= 4 is 23.0 Å². The second kappa shape index (κ2) is 5.66. The number of thiophene rings is 1. The lowest BCUT2D eigenvalue weighted by Crippen LogP contribution is -2.01. The molecule has 1 heterocycles. The SMILES string of the molecule is O=C(O)c1cc(OCc2cc(F)ccc2[N+](=O)[O-])cs1. The fourth-order valence-electron chi connectivity index (χ4n) is 1.52. The van der Waals surface area contributed by atoms with Crippen LogP contribution in [-0.2, 0) is 6.61 Å². The van der Waals surface area contributed by atoms with Crippen LogP contribution in [0.1, 0.15) is 15.2 Å². The van der Waals surface area contributed by atoms with Crippen molar-refractivity contribution in [3.05, 3.63) is 56.0 Å². The smallest absolute Gasteiger partial charge is 0.346 e. The summed E-state index contributed by atoms with van der Waals surface area (Å²) < 4.78 is 18.3. The maximum atomic E-state index is 13.1. The average molecular weight is 297 g/mol. The van der Waals surface area contributed by atoms with Crippen LogP contribution in [0.2, 0.25) is 0 Å². The van der Waals surface area contributed by atoms with E-state index in [4.69, 9.17) is 9.84 Å². The predicted octanol–water partition coefficient (Wildman–Crippen LogP) is 3.07. The number of halogens is 1. The third kappa shape index (κ3) is 3.09. The minimum atomic E-state index is -1.08. The molecule has 0 radical (unpaired) electrons. The Kier molecular flexibility index (Phi) is 3.94. The second-order valence-corrected chi connectivity index (χ2v) is 4.68. The number of benzene rings is 1. The number of rotatable bonds is 5. The molecule has 8 heteroatoms. The summed E-state index contributed by atoms with van der Waals surface area (Å²) >= 11 is 0.974. The van der Waals surface area contributed by atoms with E-state index >= 15 is 0 Å². The molecule has 0 aliphatic rings. The van der Waals surface area contributed by atoms with Crippen molar-refractivity contribution in [1.82, 2.24) is 0 Å². The molecule has 0 saturated heterocycles. The number of hydrogen-bond donors (Lipinski definition) is 1. The van der Waals surface area contributed by atoms with Crippen molar-refractivity contribution in [3.8, 4) is 5.75 Å². The van der Waals surface area contributed by atoms with Crippen LogP contribution in [0.15, 0.2) is 29.6 Å². The Labute approximate surface area is 116 Å². The summed E-state index contributed by atoms with van der Waals surface area (Å²) in [5, 5.41) is 21.0. The van der Waals surface area contributed by atoms with Gasteiger partial charge in [0, 0.05) is 17.5 Å². The summed E-state index contributed by atoms with van der Waals surface area (Å²) in [4.78, 5) is 20.9. The minimum absolute atomic E-state index is 0.0816. The highest BCUT2D eigenvalue weighted by atomic mass is 32.1. The zero-order valence-corrected chi connectivity index (χ0v) is 10.7. The molecule has 0 atom stereocenters. The van der Waals surface area contributed by atoms with Gasteiger partial charge in [0.1, 0.15) is 23.1 Å². The Hall–Kier alpha value is -2.48. The van der Waals surface area contributed by atoms with E-state index in [-0.39, 0.29) is 28.5 Å². The summed E-state index contributed by atoms with van der Waals surface area (Å²) in [6.45, 7) is -0.218. The lowest BCUT2D eigenvalue weighted by atomic mass is 10.2. The van der Waals surface area contributed by atoms with Crippen molar-refractivity contribution < 1.29 is 24.0 Å². The van der Waals surface area contributed by atoms with Gasteiger partial charge >= 0.3 is 5.97 Å². The summed E-state index contributed by atoms with van der Waals surface area (Å²) in [5.41, 5.74) is -0.168. The zero-order chi connectivity index (χ0) is 14.7. The van der Waals surface area contributed by atoms with Gasteiger partial charge in [0.25, 0.3) is 5.69 Å². The molecule has 2 aromatic rings. The monoisotopic (exact) mass is 297 g/mol. The molecule has 1 aromatic heterocycles. The van der Waals surface area contributed by atoms with Gasteiger partial charge in [-0.3, -0.25) is 10.1 Å². The van der Waals surface area contributed by atoms with Gasteiger partial charge in [-0.05, 0) is 12.1 Å². The molecule has 0 unspecified atom stereocenters. The summed E-state index contributed by atoms with van der Waals surface area (Å²) in [6.07, 6.45) is 0. The van der Waals surface area contributed by atoms with Gasteiger partial charge in [-0.2, -0.15) is 0 Å². The first-order valence-electron chi connectivity index (χ1n) is 5.35. The van der Waals surface area contributed by atoms with Crippen molar-refractivity contribution in [1.29, 1.82) is 0 Å². The molecular formula is C12H8FNO5S. The number of nitro groups is 1. The molecule has 0 bridgehead atoms. The number of ether oxygens (including phenoxy) is 1. The zero-order valence-electron chi connectivity index (χ0n) is 9.91. The number of nitro benzene ring substituents is 1. The van der Waals surface area contributed by atoms with E-state index in [0.717, 1.165) is 29.5 Å². The fraction of sp³-hybridized carbons (Fsp3) is 0.0833. The molecule has 20 heavy (non-hydrogen) atoms. The van der Waals surface area contributed by atoms with E-state index in [0.29, 0.717) is 0 Å². The fourth-order valence-corrected chi connectivity index (χ4v) is 2.18. The van der Waals surface area contributed by atoms with Crippen LogP contribution in [0, 0.1) is 15.9 Å². The van der Waals surface area contributed by atoms with Gasteiger partial charge in [0.05, 0.1) is 10.5 Å². The molecule has 6 nitrogen and oxygen atoms in total. The maximum Gasteiger partial charge on any atom is 0.346 e. The molecular weight excluding hydrogens is 289 g/mol. The van der Waals surface area contributed by atoms with Crippen LogP contribution in [0.3, 0.4) is 0 Å². The molecule has 1 N–H and O–H groups in total. The van der Waals surface area contributed by atoms with Crippen LogP contribution >= 0.6 is 11.3 Å². The first-order valence-corrected chi connectivity index (χ1v) is 6.23. The first-order chi connectivity index (χ1) is 9.47. The number of nitrogens with zero attached hydrogens (tertiary/aromatic N) is 1. The molecule has 104 valence electrons. The van der Waals surface area contributed by atoms with Crippen molar-refractivity contribution in [2.45, 2.75) is 6.61 Å². The number of hydrogen-bond acceptors (Lipinski definition) is 5. The summed E-state index contributed by atoms with van der Waals surface area (Å²) in [6, 6.07) is 4.37. The highest BCUT2D eigenvalue weighted by molar-refractivity contribution is 7.12. The van der Waals surface area contributed by atoms with Crippen molar-refractivity contribution in [2.24, 2.45) is 0 Å². The van der Waals surface area contributed by atoms with E-state index < -0.39 is 16.7 Å².